The molecule has 2 N–H and O–H groups in total. The number of nitrogens with zero attached hydrogens (tertiary/aromatic N) is 2. The van der Waals surface area contributed by atoms with Crippen LogP contribution < -0.4 is 5.32 Å². The van der Waals surface area contributed by atoms with Crippen LogP contribution in [0.1, 0.15) is 24.2 Å². The molecule has 2 rings (SSSR count). The standard InChI is InChI=1S/C15H20FN3O/c1-11-7-18-19(9-11)10-12(2)17-8-15(20)13-4-3-5-14(16)6-13/h3-7,9,12,15,17,20H,8,10H2,1-2H3/t12-,15-/m0/s1. The van der Waals surface area contributed by atoms with Gasteiger partial charge in [-0.25, -0.2) is 4.39 Å². The quantitative estimate of drug-likeness (QED) is 0.849. The molecule has 0 saturated carbocycles. The van der Waals surface area contributed by atoms with Gasteiger partial charge in [-0.1, -0.05) is 12.1 Å². The van der Waals surface area contributed by atoms with E-state index in [4.69, 9.17) is 0 Å². The maximum atomic E-state index is 13.1. The van der Waals surface area contributed by atoms with Gasteiger partial charge in [0.05, 0.1) is 18.8 Å². The molecule has 1 aromatic heterocycles. The van der Waals surface area contributed by atoms with E-state index in [1.54, 1.807) is 12.1 Å². The van der Waals surface area contributed by atoms with Gasteiger partial charge in [-0.2, -0.15) is 5.10 Å². The van der Waals surface area contributed by atoms with Crippen molar-refractivity contribution in [1.82, 2.24) is 15.1 Å². The summed E-state index contributed by atoms with van der Waals surface area (Å²) in [6.45, 7) is 5.12. The Labute approximate surface area is 118 Å². The number of halogens is 1. The molecule has 0 aliphatic rings. The number of benzene rings is 1. The van der Waals surface area contributed by atoms with E-state index >= 15 is 0 Å². The maximum absolute atomic E-state index is 13.1. The van der Waals surface area contributed by atoms with E-state index in [1.165, 1.54) is 12.1 Å². The number of aromatic nitrogens is 2. The molecule has 2 atom stereocenters. The SMILES string of the molecule is Cc1cnn(C[C@H](C)NC[C@H](O)c2cccc(F)c2)c1. The molecule has 4 nitrogen and oxygen atoms in total. The van der Waals surface area contributed by atoms with Crippen LogP contribution in [0.3, 0.4) is 0 Å². The first-order valence-electron chi connectivity index (χ1n) is 6.70. The molecule has 0 aliphatic heterocycles. The molecule has 0 bridgehead atoms. The second-order valence-electron chi connectivity index (χ2n) is 5.12. The molecule has 0 unspecified atom stereocenters. The summed E-state index contributed by atoms with van der Waals surface area (Å²) in [4.78, 5) is 0. The van der Waals surface area contributed by atoms with Gasteiger partial charge >= 0.3 is 0 Å². The Balaban J connectivity index is 1.82. The molecule has 20 heavy (non-hydrogen) atoms. The maximum Gasteiger partial charge on any atom is 0.123 e. The van der Waals surface area contributed by atoms with Gasteiger partial charge in [0.1, 0.15) is 5.82 Å². The minimum Gasteiger partial charge on any atom is -0.387 e. The largest absolute Gasteiger partial charge is 0.387 e. The average molecular weight is 277 g/mol. The Morgan fingerprint density at radius 1 is 1.45 bits per heavy atom. The molecular formula is C15H20FN3O. The van der Waals surface area contributed by atoms with Gasteiger partial charge in [-0.15, -0.1) is 0 Å². The number of aryl methyl sites for hydroxylation is 1. The van der Waals surface area contributed by atoms with Crippen LogP contribution in [-0.4, -0.2) is 27.5 Å². The lowest BCUT2D eigenvalue weighted by Gasteiger charge is -2.17. The molecule has 1 heterocycles. The van der Waals surface area contributed by atoms with E-state index < -0.39 is 6.10 Å². The number of rotatable bonds is 6. The van der Waals surface area contributed by atoms with Crippen molar-refractivity contribution in [3.63, 3.8) is 0 Å². The summed E-state index contributed by atoms with van der Waals surface area (Å²) >= 11 is 0. The fraction of sp³-hybridized carbons (Fsp3) is 0.400. The second kappa shape index (κ2) is 6.63. The minimum atomic E-state index is -0.715. The highest BCUT2D eigenvalue weighted by Gasteiger charge is 2.10. The smallest absolute Gasteiger partial charge is 0.123 e. The topological polar surface area (TPSA) is 50.1 Å². The molecule has 0 fully saturated rings. The normalized spacial score (nSPS) is 14.2. The minimum absolute atomic E-state index is 0.164. The van der Waals surface area contributed by atoms with Gasteiger partial charge in [0.2, 0.25) is 0 Å². The second-order valence-corrected chi connectivity index (χ2v) is 5.12. The van der Waals surface area contributed by atoms with E-state index in [2.05, 4.69) is 10.4 Å². The predicted molar refractivity (Wildman–Crippen MR) is 75.8 cm³/mol. The van der Waals surface area contributed by atoms with E-state index in [-0.39, 0.29) is 11.9 Å². The lowest BCUT2D eigenvalue weighted by atomic mass is 10.1. The number of hydrogen-bond acceptors (Lipinski definition) is 3. The van der Waals surface area contributed by atoms with Crippen molar-refractivity contribution in [2.75, 3.05) is 6.54 Å². The molecule has 5 heteroatoms. The van der Waals surface area contributed by atoms with E-state index in [0.29, 0.717) is 12.1 Å². The Kier molecular flexibility index (Phi) is 4.87. The van der Waals surface area contributed by atoms with Crippen LogP contribution in [-0.2, 0) is 6.54 Å². The molecule has 108 valence electrons. The van der Waals surface area contributed by atoms with Crippen LogP contribution in [0.5, 0.6) is 0 Å². The first-order valence-corrected chi connectivity index (χ1v) is 6.70. The van der Waals surface area contributed by atoms with Gasteiger partial charge in [0, 0.05) is 18.8 Å². The summed E-state index contributed by atoms with van der Waals surface area (Å²) < 4.78 is 14.9. The van der Waals surface area contributed by atoms with Crippen molar-refractivity contribution in [2.45, 2.75) is 32.5 Å². The lowest BCUT2D eigenvalue weighted by Crippen LogP contribution is -2.33. The number of aliphatic hydroxyl groups excluding tert-OH is 1. The third kappa shape index (κ3) is 4.15. The van der Waals surface area contributed by atoms with Gasteiger partial charge in [0.25, 0.3) is 0 Å². The Morgan fingerprint density at radius 2 is 2.25 bits per heavy atom. The summed E-state index contributed by atoms with van der Waals surface area (Å²) in [5.41, 5.74) is 1.71. The molecule has 0 spiro atoms. The van der Waals surface area contributed by atoms with E-state index in [0.717, 1.165) is 12.1 Å². The number of nitrogens with one attached hydrogen (secondary N) is 1. The van der Waals surface area contributed by atoms with E-state index in [1.807, 2.05) is 30.9 Å². The van der Waals surface area contributed by atoms with Crippen LogP contribution in [0.4, 0.5) is 4.39 Å². The number of hydrogen-bond donors (Lipinski definition) is 2. The van der Waals surface area contributed by atoms with Crippen molar-refractivity contribution in [1.29, 1.82) is 0 Å². The Morgan fingerprint density at radius 3 is 2.90 bits per heavy atom. The van der Waals surface area contributed by atoms with Crippen molar-refractivity contribution >= 4 is 0 Å². The van der Waals surface area contributed by atoms with Crippen molar-refractivity contribution in [3.8, 4) is 0 Å². The molecule has 0 amide bonds. The van der Waals surface area contributed by atoms with Gasteiger partial charge < -0.3 is 10.4 Å². The summed E-state index contributed by atoms with van der Waals surface area (Å²) in [5.74, 6) is -0.332. The zero-order valence-electron chi connectivity index (χ0n) is 11.8. The van der Waals surface area contributed by atoms with Crippen LogP contribution in [0.15, 0.2) is 36.7 Å². The van der Waals surface area contributed by atoms with E-state index in [9.17, 15) is 9.50 Å². The molecule has 0 radical (unpaired) electrons. The van der Waals surface area contributed by atoms with Crippen molar-refractivity contribution in [2.24, 2.45) is 0 Å². The van der Waals surface area contributed by atoms with Gasteiger partial charge in [0.15, 0.2) is 0 Å². The van der Waals surface area contributed by atoms with Gasteiger partial charge in [-0.05, 0) is 37.1 Å². The Bertz CT molecular complexity index is 556. The van der Waals surface area contributed by atoms with Crippen LogP contribution >= 0.6 is 0 Å². The molecule has 2 aromatic rings. The summed E-state index contributed by atoms with van der Waals surface area (Å²) in [6, 6.07) is 6.21. The average Bonchev–Trinajstić information content (AvgIpc) is 2.81. The summed E-state index contributed by atoms with van der Waals surface area (Å²) in [7, 11) is 0. The van der Waals surface area contributed by atoms with Crippen LogP contribution in [0, 0.1) is 12.7 Å². The predicted octanol–water partition coefficient (Wildman–Crippen LogP) is 2.04. The first-order chi connectivity index (χ1) is 9.54. The third-order valence-electron chi connectivity index (χ3n) is 3.12. The third-order valence-corrected chi connectivity index (χ3v) is 3.12. The first kappa shape index (κ1) is 14.7. The summed E-state index contributed by atoms with van der Waals surface area (Å²) in [6.07, 6.45) is 3.07. The zero-order valence-corrected chi connectivity index (χ0v) is 11.8. The monoisotopic (exact) mass is 277 g/mol. The molecule has 1 aromatic carbocycles. The molecule has 0 aliphatic carbocycles. The lowest BCUT2D eigenvalue weighted by molar-refractivity contribution is 0.168. The molecule has 0 saturated heterocycles. The zero-order chi connectivity index (χ0) is 14.5. The highest BCUT2D eigenvalue weighted by molar-refractivity contribution is 5.18. The van der Waals surface area contributed by atoms with Crippen LogP contribution in [0.2, 0.25) is 0 Å². The molecular weight excluding hydrogens is 257 g/mol. The van der Waals surface area contributed by atoms with Crippen LogP contribution in [0.25, 0.3) is 0 Å². The van der Waals surface area contributed by atoms with Crippen molar-refractivity contribution < 1.29 is 9.50 Å². The van der Waals surface area contributed by atoms with Gasteiger partial charge in [-0.3, -0.25) is 4.68 Å². The fourth-order valence-corrected chi connectivity index (χ4v) is 2.06. The van der Waals surface area contributed by atoms with Crippen molar-refractivity contribution in [3.05, 3.63) is 53.6 Å². The number of aliphatic hydroxyl groups is 1. The highest BCUT2D eigenvalue weighted by Crippen LogP contribution is 2.13. The summed E-state index contributed by atoms with van der Waals surface area (Å²) in [5, 5.41) is 17.5. The fourth-order valence-electron chi connectivity index (χ4n) is 2.06. The highest BCUT2D eigenvalue weighted by atomic mass is 19.1. The Hall–Kier alpha value is -1.72.